The Morgan fingerprint density at radius 1 is 1.38 bits per heavy atom. The molecular formula is C8H5BBrF3KNO. The Morgan fingerprint density at radius 2 is 2.00 bits per heavy atom. The van der Waals surface area contributed by atoms with Crippen LogP contribution in [0.2, 0.25) is 0 Å². The number of nitrogens with zero attached hydrogens (tertiary/aromatic N) is 1. The largest absolute Gasteiger partial charge is 1.00 e. The molecule has 0 amide bonds. The molecule has 0 aliphatic carbocycles. The van der Waals surface area contributed by atoms with Crippen LogP contribution in [-0.2, 0) is 0 Å². The van der Waals surface area contributed by atoms with Gasteiger partial charge < -0.3 is 17.7 Å². The average molecular weight is 318 g/mol. The predicted octanol–water partition coefficient (Wildman–Crippen LogP) is 0.0902. The van der Waals surface area contributed by atoms with E-state index in [4.69, 9.17) is 5.26 Å². The van der Waals surface area contributed by atoms with E-state index in [1.165, 1.54) is 12.1 Å². The van der Waals surface area contributed by atoms with E-state index in [0.717, 1.165) is 0 Å². The van der Waals surface area contributed by atoms with Gasteiger partial charge in [0.15, 0.2) is 0 Å². The van der Waals surface area contributed by atoms with Crippen molar-refractivity contribution in [3.8, 4) is 11.8 Å². The number of nitriles is 1. The van der Waals surface area contributed by atoms with Gasteiger partial charge in [-0.1, -0.05) is 15.9 Å². The van der Waals surface area contributed by atoms with Crippen molar-refractivity contribution in [2.24, 2.45) is 0 Å². The zero-order chi connectivity index (χ0) is 11.5. The molecule has 0 aliphatic rings. The van der Waals surface area contributed by atoms with E-state index in [0.29, 0.717) is 4.47 Å². The second kappa shape index (κ2) is 7.04. The molecule has 1 aromatic carbocycles. The minimum absolute atomic E-state index is 0. The van der Waals surface area contributed by atoms with E-state index in [-0.39, 0.29) is 62.7 Å². The smallest absolute Gasteiger partial charge is 0.520 e. The van der Waals surface area contributed by atoms with Crippen LogP contribution in [0.5, 0.6) is 5.75 Å². The quantitative estimate of drug-likeness (QED) is 0.740. The molecule has 1 rings (SSSR count). The summed E-state index contributed by atoms with van der Waals surface area (Å²) in [5, 5.41) is 8.62. The molecule has 0 unspecified atom stereocenters. The van der Waals surface area contributed by atoms with Gasteiger partial charge >= 0.3 is 58.4 Å². The Bertz CT molecular complexity index is 407. The molecule has 0 radical (unpaired) electrons. The van der Waals surface area contributed by atoms with Gasteiger partial charge in [0.25, 0.3) is 0 Å². The first-order chi connectivity index (χ1) is 6.92. The third-order valence-corrected chi connectivity index (χ3v) is 1.99. The number of benzene rings is 1. The summed E-state index contributed by atoms with van der Waals surface area (Å²) in [5.74, 6) is -0.0638. The van der Waals surface area contributed by atoms with Crippen molar-refractivity contribution < 1.29 is 69.1 Å². The molecule has 0 heterocycles. The van der Waals surface area contributed by atoms with E-state index in [9.17, 15) is 12.9 Å². The summed E-state index contributed by atoms with van der Waals surface area (Å²) in [6.45, 7) is -6.35. The van der Waals surface area contributed by atoms with Crippen LogP contribution in [0.1, 0.15) is 5.56 Å². The zero-order valence-corrected chi connectivity index (χ0v) is 13.1. The number of ether oxygens (including phenoxy) is 1. The summed E-state index contributed by atoms with van der Waals surface area (Å²) < 4.78 is 40.8. The van der Waals surface area contributed by atoms with Crippen molar-refractivity contribution in [3.05, 3.63) is 28.2 Å². The molecule has 0 spiro atoms. The first kappa shape index (κ1) is 16.5. The van der Waals surface area contributed by atoms with Gasteiger partial charge in [-0.05, 0) is 18.2 Å². The maximum absolute atomic E-state index is 11.9. The third kappa shape index (κ3) is 5.70. The summed E-state index contributed by atoms with van der Waals surface area (Å²) >= 11 is 3.08. The summed E-state index contributed by atoms with van der Waals surface area (Å²) in [5.41, 5.74) is 0.0817. The Kier molecular flexibility index (Phi) is 7.25. The third-order valence-electron chi connectivity index (χ3n) is 1.49. The van der Waals surface area contributed by atoms with Crippen molar-refractivity contribution in [1.82, 2.24) is 0 Å². The van der Waals surface area contributed by atoms with Crippen LogP contribution >= 0.6 is 15.9 Å². The van der Waals surface area contributed by atoms with Crippen LogP contribution in [0.4, 0.5) is 12.9 Å². The van der Waals surface area contributed by atoms with Gasteiger partial charge in [-0.15, -0.1) is 0 Å². The second-order valence-electron chi connectivity index (χ2n) is 2.77. The standard InChI is InChI=1S/C8H5BBrF3NO.K/c10-7-2-1-6(4-14)8(3-7)15-5-9(11,12)13;/h1-3H,5H2;/q-1;+1. The molecule has 0 saturated heterocycles. The monoisotopic (exact) mass is 317 g/mol. The predicted molar refractivity (Wildman–Crippen MR) is 53.4 cm³/mol. The summed E-state index contributed by atoms with van der Waals surface area (Å²) in [6, 6.07) is 6.04. The minimum atomic E-state index is -5.01. The molecule has 16 heavy (non-hydrogen) atoms. The molecule has 0 bridgehead atoms. The average Bonchev–Trinajstić information content (AvgIpc) is 2.14. The SMILES string of the molecule is N#Cc1ccc(Br)cc1OC[B-](F)(F)F.[K+]. The minimum Gasteiger partial charge on any atom is -0.520 e. The fourth-order valence-electron chi connectivity index (χ4n) is 0.892. The number of halogens is 4. The van der Waals surface area contributed by atoms with Crippen LogP contribution in [0.15, 0.2) is 22.7 Å². The van der Waals surface area contributed by atoms with Gasteiger partial charge in [0, 0.05) is 4.47 Å². The Labute approximate surface area is 142 Å². The van der Waals surface area contributed by atoms with E-state index < -0.39 is 13.5 Å². The first-order valence-electron chi connectivity index (χ1n) is 3.96. The molecule has 0 saturated carbocycles. The summed E-state index contributed by atoms with van der Waals surface area (Å²) in [7, 11) is 0. The van der Waals surface area contributed by atoms with E-state index in [1.807, 2.05) is 0 Å². The zero-order valence-electron chi connectivity index (χ0n) is 8.38. The molecule has 8 heteroatoms. The van der Waals surface area contributed by atoms with E-state index in [2.05, 4.69) is 20.7 Å². The molecule has 80 valence electrons. The van der Waals surface area contributed by atoms with Crippen LogP contribution in [0.3, 0.4) is 0 Å². The van der Waals surface area contributed by atoms with Crippen LogP contribution < -0.4 is 56.1 Å². The maximum Gasteiger partial charge on any atom is 1.00 e. The fraction of sp³-hybridized carbons (Fsp3) is 0.125. The summed E-state index contributed by atoms with van der Waals surface area (Å²) in [6.07, 6.45) is 0. The molecule has 0 atom stereocenters. The van der Waals surface area contributed by atoms with Crippen LogP contribution in [0.25, 0.3) is 0 Å². The van der Waals surface area contributed by atoms with Crippen molar-refractivity contribution in [2.75, 3.05) is 6.51 Å². The van der Waals surface area contributed by atoms with Crippen molar-refractivity contribution >= 4 is 22.9 Å². The van der Waals surface area contributed by atoms with Crippen LogP contribution in [0, 0.1) is 11.3 Å². The molecule has 0 fully saturated rings. The molecule has 0 aliphatic heterocycles. The Morgan fingerprint density at radius 3 is 2.50 bits per heavy atom. The van der Waals surface area contributed by atoms with E-state index >= 15 is 0 Å². The molecule has 0 aromatic heterocycles. The molecule has 1 aromatic rings. The van der Waals surface area contributed by atoms with Gasteiger partial charge in [-0.2, -0.15) is 5.26 Å². The number of hydrogen-bond donors (Lipinski definition) is 0. The molecule has 0 N–H and O–H groups in total. The Hall–Kier alpha value is 0.481. The van der Waals surface area contributed by atoms with Crippen molar-refractivity contribution in [3.63, 3.8) is 0 Å². The normalized spacial score (nSPS) is 10.2. The Balaban J connectivity index is 0.00000225. The topological polar surface area (TPSA) is 33.0 Å². The maximum atomic E-state index is 11.9. The van der Waals surface area contributed by atoms with Gasteiger partial charge in [0.2, 0.25) is 0 Å². The fourth-order valence-corrected chi connectivity index (χ4v) is 1.23. The number of rotatable bonds is 3. The summed E-state index contributed by atoms with van der Waals surface area (Å²) in [4.78, 5) is 0. The first-order valence-corrected chi connectivity index (χ1v) is 4.75. The van der Waals surface area contributed by atoms with Gasteiger partial charge in [0.05, 0.1) is 12.1 Å². The van der Waals surface area contributed by atoms with Gasteiger partial charge in [-0.25, -0.2) is 0 Å². The van der Waals surface area contributed by atoms with E-state index in [1.54, 1.807) is 12.1 Å². The molecular weight excluding hydrogens is 313 g/mol. The van der Waals surface area contributed by atoms with Crippen molar-refractivity contribution in [2.45, 2.75) is 0 Å². The molecule has 2 nitrogen and oxygen atoms in total. The second-order valence-corrected chi connectivity index (χ2v) is 3.69. The van der Waals surface area contributed by atoms with Gasteiger partial charge in [0.1, 0.15) is 11.8 Å². The van der Waals surface area contributed by atoms with Crippen LogP contribution in [-0.4, -0.2) is 13.5 Å². The van der Waals surface area contributed by atoms with Gasteiger partial charge in [-0.3, -0.25) is 0 Å². The number of hydrogen-bond acceptors (Lipinski definition) is 2. The van der Waals surface area contributed by atoms with Crippen molar-refractivity contribution in [1.29, 1.82) is 5.26 Å².